The summed E-state index contributed by atoms with van der Waals surface area (Å²) in [6, 6.07) is 5.12. The lowest BCUT2D eigenvalue weighted by Crippen LogP contribution is -2.64. The van der Waals surface area contributed by atoms with Crippen LogP contribution in [0.15, 0.2) is 40.1 Å². The van der Waals surface area contributed by atoms with Crippen LogP contribution >= 0.6 is 11.6 Å². The molecule has 1 aliphatic heterocycles. The lowest BCUT2D eigenvalue weighted by Gasteiger charge is -2.44. The fraction of sp³-hybridized carbons (Fsp3) is 0.406. The molecule has 13 heteroatoms. The van der Waals surface area contributed by atoms with Crippen molar-refractivity contribution < 1.29 is 26.2 Å². The molecule has 3 aromatic heterocycles. The van der Waals surface area contributed by atoms with Crippen molar-refractivity contribution in [2.75, 3.05) is 13.1 Å². The molecule has 1 amide bonds. The molecule has 0 radical (unpaired) electrons. The van der Waals surface area contributed by atoms with Gasteiger partial charge in [-0.15, -0.1) is 0 Å². The Morgan fingerprint density at radius 2 is 1.84 bits per heavy atom. The van der Waals surface area contributed by atoms with Gasteiger partial charge >= 0.3 is 17.2 Å². The van der Waals surface area contributed by atoms with Gasteiger partial charge < -0.3 is 14.7 Å². The topological polar surface area (TPSA) is 120 Å². The molecule has 0 spiro atoms. The highest BCUT2D eigenvalue weighted by molar-refractivity contribution is 6.33. The third kappa shape index (κ3) is 5.79. The first-order chi connectivity index (χ1) is 21.7. The van der Waals surface area contributed by atoms with Crippen LogP contribution in [0.1, 0.15) is 60.1 Å². The maximum Gasteiger partial charge on any atom is 0.410 e. The van der Waals surface area contributed by atoms with E-state index >= 15 is 8.78 Å². The van der Waals surface area contributed by atoms with E-state index in [-0.39, 0.29) is 28.0 Å². The van der Waals surface area contributed by atoms with E-state index in [2.05, 4.69) is 9.97 Å². The van der Waals surface area contributed by atoms with Crippen molar-refractivity contribution in [3.05, 3.63) is 78.8 Å². The number of aryl methyl sites for hydroxylation is 2. The molecule has 4 aromatic rings. The summed E-state index contributed by atoms with van der Waals surface area (Å²) < 4.78 is 56.1. The van der Waals surface area contributed by atoms with Gasteiger partial charge in [-0.1, -0.05) is 31.5 Å². The molecule has 238 valence electrons. The maximum absolute atomic E-state index is 16.5. The molecular weight excluding hydrogens is 608 g/mol. The van der Waals surface area contributed by atoms with Gasteiger partial charge in [0.2, 0.25) is 0 Å². The van der Waals surface area contributed by atoms with Gasteiger partial charge in [-0.2, -0.15) is 0 Å². The van der Waals surface area contributed by atoms with Gasteiger partial charge in [-0.05, 0) is 69.9 Å². The molecule has 4 heterocycles. The lowest BCUT2D eigenvalue weighted by molar-refractivity contribution is -0.0578. The second-order valence-electron chi connectivity index (χ2n) is 12.5. The summed E-state index contributed by atoms with van der Waals surface area (Å²) in [7, 11) is 0. The second kappa shape index (κ2) is 11.2. The minimum atomic E-state index is -3.23. The van der Waals surface area contributed by atoms with Crippen LogP contribution in [-0.2, 0) is 11.2 Å². The van der Waals surface area contributed by atoms with Gasteiger partial charge in [0.25, 0.3) is 0 Å². The predicted octanol–water partition coefficient (Wildman–Crippen LogP) is 5.81. The number of hydrogen-bond acceptors (Lipinski definition) is 7. The number of alkyl halides is 1. The summed E-state index contributed by atoms with van der Waals surface area (Å²) in [5.74, 6) is -1.64. The number of ether oxygens (including phenoxy) is 1. The summed E-state index contributed by atoms with van der Waals surface area (Å²) in [6.07, 6.45) is 0.647. The number of hydrogen-bond donors (Lipinski definition) is 1. The largest absolute Gasteiger partial charge is 0.507 e. The van der Waals surface area contributed by atoms with E-state index in [0.717, 1.165) is 21.6 Å². The number of carbonyl (C=O) groups excluding carboxylic acids is 1. The number of aromatic hydroxyl groups is 1. The van der Waals surface area contributed by atoms with Crippen molar-refractivity contribution in [1.29, 1.82) is 0 Å². The number of benzene rings is 1. The molecule has 0 saturated carbocycles. The first kappa shape index (κ1) is 29.4. The van der Waals surface area contributed by atoms with Crippen LogP contribution < -0.4 is 11.1 Å². The highest BCUT2D eigenvalue weighted by Gasteiger charge is 2.48. The van der Waals surface area contributed by atoms with E-state index in [4.69, 9.17) is 19.1 Å². The van der Waals surface area contributed by atoms with Crippen molar-refractivity contribution >= 4 is 28.9 Å². The van der Waals surface area contributed by atoms with E-state index in [1.165, 1.54) is 19.2 Å². The number of halogens is 3. The summed E-state index contributed by atoms with van der Waals surface area (Å²) in [4.78, 5) is 50.4. The molecule has 0 bridgehead atoms. The number of phenolic OH excluding ortho intramolecular Hbond substituents is 1. The molecule has 10 nitrogen and oxygen atoms in total. The van der Waals surface area contributed by atoms with Crippen LogP contribution in [0, 0.1) is 19.7 Å². The van der Waals surface area contributed by atoms with Crippen molar-refractivity contribution in [2.45, 2.75) is 72.2 Å². The molecule has 45 heavy (non-hydrogen) atoms. The zero-order valence-electron chi connectivity index (χ0n) is 27.8. The summed E-state index contributed by atoms with van der Waals surface area (Å²) >= 11 is 6.61. The van der Waals surface area contributed by atoms with Crippen LogP contribution in [0.5, 0.6) is 5.75 Å². The van der Waals surface area contributed by atoms with Crippen molar-refractivity contribution in [3.63, 3.8) is 0 Å². The Hall–Kier alpha value is -4.32. The Kier molecular flexibility index (Phi) is 7.34. The van der Waals surface area contributed by atoms with E-state index in [0.29, 0.717) is 21.4 Å². The number of phenols is 1. The summed E-state index contributed by atoms with van der Waals surface area (Å²) in [5, 5.41) is 10.5. The molecule has 1 aliphatic rings. The van der Waals surface area contributed by atoms with Gasteiger partial charge in [0.1, 0.15) is 17.2 Å². The highest BCUT2D eigenvalue weighted by atomic mass is 35.5. The van der Waals surface area contributed by atoms with Crippen LogP contribution in [0.4, 0.5) is 13.6 Å². The smallest absolute Gasteiger partial charge is 0.410 e. The van der Waals surface area contributed by atoms with E-state index in [1.54, 1.807) is 33.8 Å². The normalized spacial score (nSPS) is 15.6. The molecule has 0 unspecified atom stereocenters. The number of nitrogens with zero attached hydrogens (tertiary/aromatic N) is 5. The quantitative estimate of drug-likeness (QED) is 0.273. The van der Waals surface area contributed by atoms with Crippen molar-refractivity contribution in [1.82, 2.24) is 24.0 Å². The van der Waals surface area contributed by atoms with Crippen molar-refractivity contribution in [2.24, 2.45) is 0 Å². The number of rotatable bonds is 5. The number of amides is 1. The average molecular weight is 644 g/mol. The number of fused-ring (bicyclic) bond motifs is 1. The van der Waals surface area contributed by atoms with Gasteiger partial charge in [0.05, 0.1) is 55.5 Å². The standard InChI is InChI=1S/C32H34ClF2N5O5/c1-16(2)23-25(17(3)10-11-36-23)40-27-21(12-19(33)24(37-27)22-20(34)9-8-18(4)26(22)41)39(28(42)29(40)43)15-32(35)13-38(14-32)30(44)45-31(5,6)7/h8-12,16,41H,13-15H2,1-7H3/i15D2. The van der Waals surface area contributed by atoms with E-state index in [1.807, 2.05) is 13.8 Å². The van der Waals surface area contributed by atoms with Crippen LogP contribution in [0.25, 0.3) is 28.1 Å². The number of carbonyl (C=O) groups is 1. The third-order valence-corrected chi connectivity index (χ3v) is 7.60. The maximum atomic E-state index is 16.5. The Morgan fingerprint density at radius 3 is 2.47 bits per heavy atom. The number of aromatic nitrogens is 4. The molecular formula is C32H34ClF2N5O5. The van der Waals surface area contributed by atoms with Crippen LogP contribution in [0.2, 0.25) is 5.02 Å². The molecule has 1 aromatic carbocycles. The first-order valence-electron chi connectivity index (χ1n) is 15.2. The van der Waals surface area contributed by atoms with Crippen molar-refractivity contribution in [3.8, 4) is 22.7 Å². The minimum Gasteiger partial charge on any atom is -0.507 e. The first-order valence-corrected chi connectivity index (χ1v) is 14.6. The lowest BCUT2D eigenvalue weighted by atomic mass is 9.96. The molecule has 5 rings (SSSR count). The van der Waals surface area contributed by atoms with Crippen LogP contribution in [0.3, 0.4) is 0 Å². The van der Waals surface area contributed by atoms with E-state index in [9.17, 15) is 19.5 Å². The summed E-state index contributed by atoms with van der Waals surface area (Å²) in [6.45, 7) is 6.89. The minimum absolute atomic E-state index is 0.173. The fourth-order valence-electron chi connectivity index (χ4n) is 5.16. The van der Waals surface area contributed by atoms with Gasteiger partial charge in [-0.3, -0.25) is 23.7 Å². The fourth-order valence-corrected chi connectivity index (χ4v) is 5.40. The zero-order chi connectivity index (χ0) is 35.0. The van der Waals surface area contributed by atoms with E-state index < -0.39 is 70.7 Å². The molecule has 0 atom stereocenters. The molecule has 1 saturated heterocycles. The van der Waals surface area contributed by atoms with Gasteiger partial charge in [0, 0.05) is 6.20 Å². The predicted molar refractivity (Wildman–Crippen MR) is 167 cm³/mol. The summed E-state index contributed by atoms with van der Waals surface area (Å²) in [5.41, 5.74) is -6.58. The SMILES string of the molecule is [2H]C([2H])(n1c(=O)c(=O)n(-c2c(C)ccnc2C(C)C)c2nc(-c3c(F)ccc(C)c3O)c(Cl)cc21)C1(F)CN(C(=O)OC(C)(C)C)C1. The Labute approximate surface area is 265 Å². The number of pyridine rings is 2. The average Bonchev–Trinajstić information content (AvgIpc) is 2.94. The van der Waals surface area contributed by atoms with Crippen LogP contribution in [-0.4, -0.2) is 59.6 Å². The Bertz CT molecular complexity index is 2070. The zero-order valence-corrected chi connectivity index (χ0v) is 26.6. The number of likely N-dealkylation sites (tertiary alicyclic amines) is 1. The van der Waals surface area contributed by atoms with Gasteiger partial charge in [-0.25, -0.2) is 18.6 Å². The third-order valence-electron chi connectivity index (χ3n) is 7.32. The Balaban J connectivity index is 1.85. The Morgan fingerprint density at radius 1 is 1.18 bits per heavy atom. The molecule has 1 N–H and O–H groups in total. The molecule has 0 aliphatic carbocycles. The van der Waals surface area contributed by atoms with Gasteiger partial charge in [0.15, 0.2) is 11.3 Å². The monoisotopic (exact) mass is 643 g/mol. The second-order valence-corrected chi connectivity index (χ2v) is 12.9. The highest BCUT2D eigenvalue weighted by Crippen LogP contribution is 2.39. The molecule has 1 fully saturated rings.